The average molecular weight is 368 g/mol. The predicted molar refractivity (Wildman–Crippen MR) is 100 cm³/mol. The van der Waals surface area contributed by atoms with E-state index in [1.807, 2.05) is 24.3 Å². The quantitative estimate of drug-likeness (QED) is 0.658. The molecule has 2 aliphatic rings. The van der Waals surface area contributed by atoms with Crippen LogP contribution in [0.1, 0.15) is 37.8 Å². The van der Waals surface area contributed by atoms with Crippen LogP contribution in [0, 0.1) is 17.8 Å². The maximum atomic E-state index is 12.5. The van der Waals surface area contributed by atoms with Crippen molar-refractivity contribution in [2.75, 3.05) is 0 Å². The van der Waals surface area contributed by atoms with E-state index in [-0.39, 0.29) is 18.1 Å². The summed E-state index contributed by atoms with van der Waals surface area (Å²) in [6.07, 6.45) is 5.57. The number of hydrogen-bond donors (Lipinski definition) is 0. The second-order valence-corrected chi connectivity index (χ2v) is 8.58. The molecule has 3 atom stereocenters. The third kappa shape index (κ3) is 2.72. The maximum absolute atomic E-state index is 12.5. The fraction of sp³-hybridized carbons (Fsp3) is 0.450. The van der Waals surface area contributed by atoms with E-state index in [0.29, 0.717) is 28.9 Å². The van der Waals surface area contributed by atoms with Crippen molar-refractivity contribution < 1.29 is 9.53 Å². The molecule has 6 heteroatoms. The van der Waals surface area contributed by atoms with Gasteiger partial charge in [0.2, 0.25) is 0 Å². The molecular formula is C20H20N2O3S. The van der Waals surface area contributed by atoms with Gasteiger partial charge in [-0.1, -0.05) is 29.9 Å². The van der Waals surface area contributed by atoms with Crippen molar-refractivity contribution in [3.05, 3.63) is 46.4 Å². The lowest BCUT2D eigenvalue weighted by Crippen LogP contribution is -2.18. The molecule has 0 radical (unpaired) electrons. The van der Waals surface area contributed by atoms with Gasteiger partial charge in [0, 0.05) is 12.5 Å². The van der Waals surface area contributed by atoms with Gasteiger partial charge in [0.25, 0.3) is 5.56 Å². The van der Waals surface area contributed by atoms with Crippen LogP contribution in [0.25, 0.3) is 15.2 Å². The molecule has 5 nitrogen and oxygen atoms in total. The number of para-hydroxylation sites is 1. The smallest absolute Gasteiger partial charge is 0.306 e. The third-order valence-corrected chi connectivity index (χ3v) is 6.96. The number of aromatic nitrogens is 2. The molecule has 3 aromatic rings. The van der Waals surface area contributed by atoms with E-state index in [1.165, 1.54) is 43.1 Å². The Morgan fingerprint density at radius 1 is 1.27 bits per heavy atom. The highest BCUT2D eigenvalue weighted by atomic mass is 32.1. The number of esters is 1. The molecule has 5 rings (SSSR count). The molecule has 0 amide bonds. The second-order valence-electron chi connectivity index (χ2n) is 7.57. The lowest BCUT2D eigenvalue weighted by atomic mass is 9.86. The molecule has 1 aromatic carbocycles. The topological polar surface area (TPSA) is 60.7 Å². The first-order chi connectivity index (χ1) is 12.7. The fourth-order valence-corrected chi connectivity index (χ4v) is 5.80. The molecule has 134 valence electrons. The summed E-state index contributed by atoms with van der Waals surface area (Å²) in [6, 6.07) is 9.21. The normalized spacial score (nSPS) is 24.5. The molecule has 0 unspecified atom stereocenters. The molecule has 0 N–H and O–H groups in total. The summed E-state index contributed by atoms with van der Waals surface area (Å²) in [4.78, 5) is 29.8. The van der Waals surface area contributed by atoms with Gasteiger partial charge in [-0.3, -0.25) is 14.0 Å². The summed E-state index contributed by atoms with van der Waals surface area (Å²) in [5.41, 5.74) is 1.25. The van der Waals surface area contributed by atoms with Gasteiger partial charge < -0.3 is 4.74 Å². The van der Waals surface area contributed by atoms with Crippen molar-refractivity contribution in [3.63, 3.8) is 0 Å². The first-order valence-electron chi connectivity index (χ1n) is 9.23. The number of carbonyl (C=O) groups excluding carboxylic acids is 1. The fourth-order valence-electron chi connectivity index (χ4n) is 4.75. The SMILES string of the molecule is O=C(C[C@H]1C[C@H]2CC[C@@H]1C2)OCc1cc(=O)n2c(n1)sc1ccccc12. The number of carbonyl (C=O) groups is 1. The Kier molecular flexibility index (Phi) is 3.81. The Bertz CT molecular complexity index is 1050. The summed E-state index contributed by atoms with van der Waals surface area (Å²) < 4.78 is 8.06. The Balaban J connectivity index is 1.31. The van der Waals surface area contributed by atoms with Gasteiger partial charge in [-0.15, -0.1) is 0 Å². The predicted octanol–water partition coefficient (Wildman–Crippen LogP) is 3.78. The summed E-state index contributed by atoms with van der Waals surface area (Å²) in [7, 11) is 0. The highest BCUT2D eigenvalue weighted by molar-refractivity contribution is 7.23. The number of rotatable bonds is 4. The van der Waals surface area contributed by atoms with Crippen LogP contribution in [0.5, 0.6) is 0 Å². The highest BCUT2D eigenvalue weighted by Crippen LogP contribution is 2.49. The van der Waals surface area contributed by atoms with E-state index in [1.54, 1.807) is 4.40 Å². The Labute approximate surface area is 154 Å². The van der Waals surface area contributed by atoms with E-state index in [0.717, 1.165) is 16.1 Å². The second kappa shape index (κ2) is 6.20. The molecular weight excluding hydrogens is 348 g/mol. The summed E-state index contributed by atoms with van der Waals surface area (Å²) in [5.74, 6) is 1.87. The van der Waals surface area contributed by atoms with Crippen LogP contribution in [0.2, 0.25) is 0 Å². The zero-order valence-electron chi connectivity index (χ0n) is 14.4. The zero-order valence-corrected chi connectivity index (χ0v) is 15.2. The van der Waals surface area contributed by atoms with Crippen molar-refractivity contribution in [1.29, 1.82) is 0 Å². The first-order valence-corrected chi connectivity index (χ1v) is 10.0. The molecule has 2 bridgehead atoms. The van der Waals surface area contributed by atoms with E-state index in [4.69, 9.17) is 4.74 Å². The van der Waals surface area contributed by atoms with Crippen molar-refractivity contribution >= 4 is 32.5 Å². The van der Waals surface area contributed by atoms with Crippen molar-refractivity contribution in [1.82, 2.24) is 9.38 Å². The Morgan fingerprint density at radius 3 is 2.96 bits per heavy atom. The lowest BCUT2D eigenvalue weighted by Gasteiger charge is -2.20. The van der Waals surface area contributed by atoms with Gasteiger partial charge in [0.1, 0.15) is 6.61 Å². The van der Waals surface area contributed by atoms with E-state index in [9.17, 15) is 9.59 Å². The van der Waals surface area contributed by atoms with Crippen LogP contribution in [-0.2, 0) is 16.1 Å². The molecule has 0 saturated heterocycles. The largest absolute Gasteiger partial charge is 0.459 e. The molecule has 2 fully saturated rings. The van der Waals surface area contributed by atoms with Gasteiger partial charge in [0.05, 0.1) is 15.9 Å². The van der Waals surface area contributed by atoms with Gasteiger partial charge in [0.15, 0.2) is 4.96 Å². The third-order valence-electron chi connectivity index (χ3n) is 5.94. The van der Waals surface area contributed by atoms with Crippen molar-refractivity contribution in [2.45, 2.75) is 38.7 Å². The standard InChI is InChI=1S/C20H20N2O3S/c23-18-10-15(21-20-22(18)16-3-1-2-4-17(16)26-20)11-25-19(24)9-14-8-12-5-6-13(14)7-12/h1-4,10,12-14H,5-9,11H2/t12-,13+,14+/m0/s1. The van der Waals surface area contributed by atoms with Crippen molar-refractivity contribution in [2.24, 2.45) is 17.8 Å². The van der Waals surface area contributed by atoms with Gasteiger partial charge in [-0.2, -0.15) is 0 Å². The summed E-state index contributed by atoms with van der Waals surface area (Å²) >= 11 is 1.47. The average Bonchev–Trinajstić information content (AvgIpc) is 3.33. The molecule has 0 spiro atoms. The molecule has 0 aliphatic heterocycles. The molecule has 2 saturated carbocycles. The number of nitrogens with zero attached hydrogens (tertiary/aromatic N) is 2. The minimum absolute atomic E-state index is 0.0691. The number of benzene rings is 1. The van der Waals surface area contributed by atoms with E-state index >= 15 is 0 Å². The molecule has 2 aromatic heterocycles. The van der Waals surface area contributed by atoms with Crippen LogP contribution in [0.3, 0.4) is 0 Å². The number of thiazole rings is 1. The van der Waals surface area contributed by atoms with Crippen molar-refractivity contribution in [3.8, 4) is 0 Å². The molecule has 26 heavy (non-hydrogen) atoms. The highest BCUT2D eigenvalue weighted by Gasteiger charge is 2.40. The van der Waals surface area contributed by atoms with E-state index < -0.39 is 0 Å². The minimum Gasteiger partial charge on any atom is -0.459 e. The monoisotopic (exact) mass is 368 g/mol. The maximum Gasteiger partial charge on any atom is 0.306 e. The number of ether oxygens (including phenoxy) is 1. The zero-order chi connectivity index (χ0) is 17.7. The van der Waals surface area contributed by atoms with Crippen LogP contribution < -0.4 is 5.56 Å². The Hall–Kier alpha value is -2.21. The van der Waals surface area contributed by atoms with Crippen LogP contribution in [-0.4, -0.2) is 15.4 Å². The lowest BCUT2D eigenvalue weighted by molar-refractivity contribution is -0.146. The van der Waals surface area contributed by atoms with Crippen LogP contribution in [0.4, 0.5) is 0 Å². The van der Waals surface area contributed by atoms with E-state index in [2.05, 4.69) is 4.98 Å². The Morgan fingerprint density at radius 2 is 2.15 bits per heavy atom. The number of hydrogen-bond acceptors (Lipinski definition) is 5. The van der Waals surface area contributed by atoms with Gasteiger partial charge in [-0.25, -0.2) is 4.98 Å². The number of fused-ring (bicyclic) bond motifs is 5. The minimum atomic E-state index is -0.166. The van der Waals surface area contributed by atoms with Gasteiger partial charge in [-0.05, 0) is 49.1 Å². The first kappa shape index (κ1) is 16.0. The molecule has 2 aliphatic carbocycles. The summed E-state index contributed by atoms with van der Waals surface area (Å²) in [5, 5.41) is 0. The molecule has 2 heterocycles. The van der Waals surface area contributed by atoms with Crippen LogP contribution >= 0.6 is 11.3 Å². The summed E-state index contributed by atoms with van der Waals surface area (Å²) in [6.45, 7) is 0.0691. The van der Waals surface area contributed by atoms with Crippen LogP contribution in [0.15, 0.2) is 35.1 Å². The van der Waals surface area contributed by atoms with Gasteiger partial charge >= 0.3 is 5.97 Å².